The molecule has 0 amide bonds. The Labute approximate surface area is 109 Å². The lowest BCUT2D eigenvalue weighted by molar-refractivity contribution is 0.633. The van der Waals surface area contributed by atoms with Crippen molar-refractivity contribution in [1.82, 2.24) is 5.32 Å². The summed E-state index contributed by atoms with van der Waals surface area (Å²) in [7, 11) is 0. The van der Waals surface area contributed by atoms with Crippen molar-refractivity contribution in [3.63, 3.8) is 0 Å². The predicted molar refractivity (Wildman–Crippen MR) is 73.7 cm³/mol. The molecule has 2 nitrogen and oxygen atoms in total. The summed E-state index contributed by atoms with van der Waals surface area (Å²) in [6.45, 7) is 2.10. The Kier molecular flexibility index (Phi) is 4.11. The molecule has 2 rings (SSSR count). The first-order chi connectivity index (χ1) is 7.25. The SMILES string of the molecule is Clc1cc(I)ccc1NCC1CCCN1. The summed E-state index contributed by atoms with van der Waals surface area (Å²) < 4.78 is 1.17. The fourth-order valence-corrected chi connectivity index (χ4v) is 2.72. The van der Waals surface area contributed by atoms with E-state index in [0.29, 0.717) is 6.04 Å². The van der Waals surface area contributed by atoms with E-state index in [4.69, 9.17) is 11.6 Å². The third-order valence-electron chi connectivity index (χ3n) is 2.63. The summed E-state index contributed by atoms with van der Waals surface area (Å²) in [4.78, 5) is 0. The van der Waals surface area contributed by atoms with Crippen molar-refractivity contribution in [2.75, 3.05) is 18.4 Å². The number of rotatable bonds is 3. The van der Waals surface area contributed by atoms with Gasteiger partial charge in [0.15, 0.2) is 0 Å². The highest BCUT2D eigenvalue weighted by Gasteiger charge is 2.13. The molecule has 0 saturated carbocycles. The van der Waals surface area contributed by atoms with E-state index in [1.54, 1.807) is 0 Å². The minimum atomic E-state index is 0.598. The Bertz CT molecular complexity index is 337. The van der Waals surface area contributed by atoms with Crippen molar-refractivity contribution in [1.29, 1.82) is 0 Å². The molecule has 1 unspecified atom stereocenters. The number of nitrogens with one attached hydrogen (secondary N) is 2. The van der Waals surface area contributed by atoms with Gasteiger partial charge in [0.05, 0.1) is 10.7 Å². The van der Waals surface area contributed by atoms with Crippen LogP contribution in [-0.2, 0) is 0 Å². The van der Waals surface area contributed by atoms with Crippen LogP contribution in [0.3, 0.4) is 0 Å². The zero-order chi connectivity index (χ0) is 10.7. The predicted octanol–water partition coefficient (Wildman–Crippen LogP) is 3.11. The van der Waals surface area contributed by atoms with Crippen LogP contribution in [0.4, 0.5) is 5.69 Å². The van der Waals surface area contributed by atoms with E-state index in [2.05, 4.69) is 39.3 Å². The molecule has 0 aliphatic carbocycles. The van der Waals surface area contributed by atoms with Crippen molar-refractivity contribution in [2.24, 2.45) is 0 Å². The van der Waals surface area contributed by atoms with E-state index >= 15 is 0 Å². The Morgan fingerprint density at radius 2 is 2.40 bits per heavy atom. The van der Waals surface area contributed by atoms with Crippen molar-refractivity contribution in [2.45, 2.75) is 18.9 Å². The Balaban J connectivity index is 1.92. The highest BCUT2D eigenvalue weighted by molar-refractivity contribution is 14.1. The number of hydrogen-bond donors (Lipinski definition) is 2. The van der Waals surface area contributed by atoms with E-state index in [9.17, 15) is 0 Å². The molecule has 15 heavy (non-hydrogen) atoms. The maximum atomic E-state index is 6.13. The molecule has 1 saturated heterocycles. The van der Waals surface area contributed by atoms with Crippen LogP contribution < -0.4 is 10.6 Å². The smallest absolute Gasteiger partial charge is 0.0648 e. The summed E-state index contributed by atoms with van der Waals surface area (Å²) in [6, 6.07) is 6.68. The molecule has 1 aromatic rings. The second-order valence-electron chi connectivity index (χ2n) is 3.80. The van der Waals surface area contributed by atoms with E-state index in [1.807, 2.05) is 12.1 Å². The second kappa shape index (κ2) is 5.37. The summed E-state index contributed by atoms with van der Waals surface area (Å²) >= 11 is 8.39. The molecule has 1 aromatic carbocycles. The van der Waals surface area contributed by atoms with Gasteiger partial charge in [0.25, 0.3) is 0 Å². The maximum Gasteiger partial charge on any atom is 0.0648 e. The molecule has 82 valence electrons. The summed E-state index contributed by atoms with van der Waals surface area (Å²) in [6.07, 6.45) is 2.54. The standard InChI is InChI=1S/C11H14ClIN2/c12-10-6-8(13)3-4-11(10)15-7-9-2-1-5-14-9/h3-4,6,9,14-15H,1-2,5,7H2. The molecule has 0 bridgehead atoms. The molecular formula is C11H14ClIN2. The largest absolute Gasteiger partial charge is 0.382 e. The first kappa shape index (κ1) is 11.5. The van der Waals surface area contributed by atoms with E-state index in [-0.39, 0.29) is 0 Å². The molecule has 1 heterocycles. The van der Waals surface area contributed by atoms with Crippen LogP contribution in [-0.4, -0.2) is 19.1 Å². The van der Waals surface area contributed by atoms with Gasteiger partial charge in [0.2, 0.25) is 0 Å². The summed E-state index contributed by atoms with van der Waals surface area (Å²) in [5, 5.41) is 7.64. The van der Waals surface area contributed by atoms with Crippen LogP contribution in [0.25, 0.3) is 0 Å². The average molecular weight is 337 g/mol. The minimum absolute atomic E-state index is 0.598. The summed E-state index contributed by atoms with van der Waals surface area (Å²) in [5.74, 6) is 0. The van der Waals surface area contributed by atoms with E-state index < -0.39 is 0 Å². The van der Waals surface area contributed by atoms with E-state index in [1.165, 1.54) is 16.4 Å². The van der Waals surface area contributed by atoms with Gasteiger partial charge in [0.1, 0.15) is 0 Å². The fraction of sp³-hybridized carbons (Fsp3) is 0.455. The van der Waals surface area contributed by atoms with Crippen molar-refractivity contribution >= 4 is 39.9 Å². The zero-order valence-electron chi connectivity index (χ0n) is 8.39. The quantitative estimate of drug-likeness (QED) is 0.829. The van der Waals surface area contributed by atoms with Gasteiger partial charge < -0.3 is 10.6 Å². The second-order valence-corrected chi connectivity index (χ2v) is 5.45. The Morgan fingerprint density at radius 1 is 1.53 bits per heavy atom. The molecule has 4 heteroatoms. The molecular weight excluding hydrogens is 322 g/mol. The number of anilines is 1. The molecule has 1 aliphatic rings. The lowest BCUT2D eigenvalue weighted by Gasteiger charge is -2.13. The minimum Gasteiger partial charge on any atom is -0.382 e. The lowest BCUT2D eigenvalue weighted by Crippen LogP contribution is -2.29. The van der Waals surface area contributed by atoms with Crippen LogP contribution in [0.2, 0.25) is 5.02 Å². The van der Waals surface area contributed by atoms with Gasteiger partial charge in [-0.1, -0.05) is 11.6 Å². The molecule has 2 N–H and O–H groups in total. The monoisotopic (exact) mass is 336 g/mol. The molecule has 0 aromatic heterocycles. The first-order valence-corrected chi connectivity index (χ1v) is 6.63. The average Bonchev–Trinajstić information content (AvgIpc) is 2.69. The lowest BCUT2D eigenvalue weighted by atomic mass is 10.2. The van der Waals surface area contributed by atoms with Gasteiger partial charge >= 0.3 is 0 Å². The highest BCUT2D eigenvalue weighted by Crippen LogP contribution is 2.24. The Morgan fingerprint density at radius 3 is 3.07 bits per heavy atom. The van der Waals surface area contributed by atoms with Crippen LogP contribution in [0.5, 0.6) is 0 Å². The molecule has 1 fully saturated rings. The van der Waals surface area contributed by atoms with Crippen LogP contribution in [0, 0.1) is 3.57 Å². The number of halogens is 2. The number of benzene rings is 1. The molecule has 0 spiro atoms. The molecule has 1 aliphatic heterocycles. The van der Waals surface area contributed by atoms with Crippen molar-refractivity contribution < 1.29 is 0 Å². The summed E-state index contributed by atoms with van der Waals surface area (Å²) in [5.41, 5.74) is 1.03. The van der Waals surface area contributed by atoms with Gasteiger partial charge in [0, 0.05) is 16.2 Å². The topological polar surface area (TPSA) is 24.1 Å². The maximum absolute atomic E-state index is 6.13. The zero-order valence-corrected chi connectivity index (χ0v) is 11.3. The third kappa shape index (κ3) is 3.23. The molecule has 0 radical (unpaired) electrons. The van der Waals surface area contributed by atoms with Gasteiger partial charge in [-0.05, 0) is 60.2 Å². The van der Waals surface area contributed by atoms with E-state index in [0.717, 1.165) is 23.8 Å². The van der Waals surface area contributed by atoms with Crippen molar-refractivity contribution in [3.8, 4) is 0 Å². The van der Waals surface area contributed by atoms with Gasteiger partial charge in [-0.3, -0.25) is 0 Å². The van der Waals surface area contributed by atoms with Crippen LogP contribution in [0.1, 0.15) is 12.8 Å². The van der Waals surface area contributed by atoms with Crippen LogP contribution >= 0.6 is 34.2 Å². The third-order valence-corrected chi connectivity index (χ3v) is 3.62. The van der Waals surface area contributed by atoms with Crippen LogP contribution in [0.15, 0.2) is 18.2 Å². The van der Waals surface area contributed by atoms with Crippen molar-refractivity contribution in [3.05, 3.63) is 26.8 Å². The van der Waals surface area contributed by atoms with Gasteiger partial charge in [-0.15, -0.1) is 0 Å². The first-order valence-electron chi connectivity index (χ1n) is 5.18. The normalized spacial score (nSPS) is 20.5. The Hall–Kier alpha value is -0.000000000000000132. The molecule has 1 atom stereocenters. The van der Waals surface area contributed by atoms with Gasteiger partial charge in [-0.25, -0.2) is 0 Å². The highest BCUT2D eigenvalue weighted by atomic mass is 127. The fourth-order valence-electron chi connectivity index (χ4n) is 1.80. The van der Waals surface area contributed by atoms with Gasteiger partial charge in [-0.2, -0.15) is 0 Å². The number of hydrogen-bond acceptors (Lipinski definition) is 2.